The molecule has 0 saturated carbocycles. The average molecular weight is 366 g/mol. The van der Waals surface area contributed by atoms with Crippen LogP contribution in [0.25, 0.3) is 0 Å². The molecule has 1 amide bonds. The second-order valence-electron chi connectivity index (χ2n) is 7.02. The molecule has 1 aromatic rings. The van der Waals surface area contributed by atoms with Crippen LogP contribution in [0.3, 0.4) is 0 Å². The molecule has 0 aromatic carbocycles. The number of nitrogens with one attached hydrogen (secondary N) is 2. The predicted molar refractivity (Wildman–Crippen MR) is 99.6 cm³/mol. The molecule has 1 aliphatic carbocycles. The van der Waals surface area contributed by atoms with Gasteiger partial charge in [-0.05, 0) is 63.9 Å². The largest absolute Gasteiger partial charge is 0.462 e. The van der Waals surface area contributed by atoms with E-state index in [1.54, 1.807) is 11.3 Å². The number of amides is 1. The molecule has 1 aromatic heterocycles. The lowest BCUT2D eigenvalue weighted by Crippen LogP contribution is -3.12. The minimum Gasteiger partial charge on any atom is -0.462 e. The lowest BCUT2D eigenvalue weighted by molar-refractivity contribution is -0.890. The molecular formula is C19H29N2O3S+. The molecular weight excluding hydrogens is 336 g/mol. The lowest BCUT2D eigenvalue weighted by atomic mass is 9.95. The average Bonchev–Trinajstić information content (AvgIpc) is 2.75. The van der Waals surface area contributed by atoms with Crippen molar-refractivity contribution in [1.29, 1.82) is 0 Å². The smallest absolute Gasteiger partial charge is 0.341 e. The van der Waals surface area contributed by atoms with E-state index < -0.39 is 0 Å². The molecule has 0 spiro atoms. The highest BCUT2D eigenvalue weighted by Crippen LogP contribution is 2.38. The quantitative estimate of drug-likeness (QED) is 0.787. The van der Waals surface area contributed by atoms with E-state index in [1.165, 1.54) is 35.5 Å². The second-order valence-corrected chi connectivity index (χ2v) is 8.13. The van der Waals surface area contributed by atoms with Crippen LogP contribution in [0.15, 0.2) is 0 Å². The number of esters is 1. The van der Waals surface area contributed by atoms with E-state index in [0.717, 1.165) is 44.3 Å². The summed E-state index contributed by atoms with van der Waals surface area (Å²) in [4.78, 5) is 27.6. The number of fused-ring (bicyclic) bond motifs is 1. The van der Waals surface area contributed by atoms with Gasteiger partial charge in [0.25, 0.3) is 5.91 Å². The molecule has 5 nitrogen and oxygen atoms in total. The fourth-order valence-corrected chi connectivity index (χ4v) is 5.17. The Kier molecular flexibility index (Phi) is 6.48. The highest BCUT2D eigenvalue weighted by molar-refractivity contribution is 7.17. The zero-order chi connectivity index (χ0) is 17.6. The fraction of sp³-hybridized carbons (Fsp3) is 0.684. The zero-order valence-electron chi connectivity index (χ0n) is 15.1. The topological polar surface area (TPSA) is 59.8 Å². The highest BCUT2D eigenvalue weighted by atomic mass is 32.1. The number of likely N-dealkylation sites (tertiary alicyclic amines) is 1. The zero-order valence-corrected chi connectivity index (χ0v) is 15.9. The maximum absolute atomic E-state index is 12.6. The standard InChI is InChI=1S/C19H28N2O3S/c1-2-24-19(23)17-14-9-5-6-10-15(14)25-18(17)20-16(22)13-21-11-7-3-4-8-12-21/h2-13H2,1H3,(H,20,22)/p+1. The Labute approximate surface area is 153 Å². The molecule has 6 heteroatoms. The van der Waals surface area contributed by atoms with Gasteiger partial charge in [-0.25, -0.2) is 4.79 Å². The number of carbonyl (C=O) groups is 2. The van der Waals surface area contributed by atoms with Crippen molar-refractivity contribution in [1.82, 2.24) is 0 Å². The van der Waals surface area contributed by atoms with Crippen LogP contribution in [0.2, 0.25) is 0 Å². The number of rotatable bonds is 5. The van der Waals surface area contributed by atoms with Crippen molar-refractivity contribution in [3.63, 3.8) is 0 Å². The SMILES string of the molecule is CCOC(=O)c1c(NC(=O)C[NH+]2CCCCCC2)sc2c1CCCC2. The van der Waals surface area contributed by atoms with Gasteiger partial charge in [0.1, 0.15) is 5.00 Å². The Morgan fingerprint density at radius 1 is 1.08 bits per heavy atom. The molecule has 2 heterocycles. The summed E-state index contributed by atoms with van der Waals surface area (Å²) in [6.07, 6.45) is 9.11. The van der Waals surface area contributed by atoms with E-state index in [2.05, 4.69) is 5.32 Å². The highest BCUT2D eigenvalue weighted by Gasteiger charge is 2.28. The van der Waals surface area contributed by atoms with Crippen molar-refractivity contribution in [2.45, 2.75) is 58.3 Å². The Bertz CT molecular complexity index is 618. The normalized spacial score (nSPS) is 18.3. The van der Waals surface area contributed by atoms with Gasteiger partial charge in [-0.1, -0.05) is 0 Å². The van der Waals surface area contributed by atoms with Gasteiger partial charge in [0.05, 0.1) is 25.3 Å². The molecule has 1 fully saturated rings. The first-order chi connectivity index (χ1) is 12.2. The molecule has 138 valence electrons. The van der Waals surface area contributed by atoms with Crippen LogP contribution in [-0.2, 0) is 22.4 Å². The number of ether oxygens (including phenoxy) is 1. The first-order valence-electron chi connectivity index (χ1n) is 9.64. The molecule has 25 heavy (non-hydrogen) atoms. The van der Waals surface area contributed by atoms with E-state index in [0.29, 0.717) is 23.7 Å². The van der Waals surface area contributed by atoms with Gasteiger partial charge in [0.2, 0.25) is 0 Å². The third-order valence-corrected chi connectivity index (χ3v) is 6.33. The van der Waals surface area contributed by atoms with Gasteiger partial charge in [-0.3, -0.25) is 4.79 Å². The van der Waals surface area contributed by atoms with Crippen LogP contribution in [0.4, 0.5) is 5.00 Å². The summed E-state index contributed by atoms with van der Waals surface area (Å²) >= 11 is 1.57. The maximum atomic E-state index is 12.6. The molecule has 0 bridgehead atoms. The predicted octanol–water partition coefficient (Wildman–Crippen LogP) is 2.20. The molecule has 1 saturated heterocycles. The Hall–Kier alpha value is -1.40. The maximum Gasteiger partial charge on any atom is 0.341 e. The van der Waals surface area contributed by atoms with Gasteiger partial charge < -0.3 is 15.0 Å². The Morgan fingerprint density at radius 2 is 1.80 bits per heavy atom. The first-order valence-corrected chi connectivity index (χ1v) is 10.5. The first kappa shape index (κ1) is 18.4. The molecule has 0 atom stereocenters. The van der Waals surface area contributed by atoms with Crippen molar-refractivity contribution in [3.05, 3.63) is 16.0 Å². The van der Waals surface area contributed by atoms with Gasteiger partial charge in [-0.15, -0.1) is 11.3 Å². The number of quaternary nitrogens is 1. The van der Waals surface area contributed by atoms with Crippen molar-refractivity contribution in [2.24, 2.45) is 0 Å². The molecule has 0 radical (unpaired) electrons. The summed E-state index contributed by atoms with van der Waals surface area (Å²) in [7, 11) is 0. The van der Waals surface area contributed by atoms with E-state index in [9.17, 15) is 9.59 Å². The number of anilines is 1. The number of aryl methyl sites for hydroxylation is 1. The summed E-state index contributed by atoms with van der Waals surface area (Å²) in [6.45, 7) is 4.80. The van der Waals surface area contributed by atoms with Crippen LogP contribution in [0, 0.1) is 0 Å². The number of thiophene rings is 1. The summed E-state index contributed by atoms with van der Waals surface area (Å²) < 4.78 is 5.25. The monoisotopic (exact) mass is 365 g/mol. The third-order valence-electron chi connectivity index (χ3n) is 5.13. The van der Waals surface area contributed by atoms with Crippen molar-refractivity contribution < 1.29 is 19.2 Å². The Morgan fingerprint density at radius 3 is 2.52 bits per heavy atom. The molecule has 2 aliphatic rings. The number of hydrogen-bond donors (Lipinski definition) is 2. The van der Waals surface area contributed by atoms with Crippen LogP contribution in [0.5, 0.6) is 0 Å². The Balaban J connectivity index is 1.73. The minimum atomic E-state index is -0.292. The summed E-state index contributed by atoms with van der Waals surface area (Å²) in [5.74, 6) is -0.277. The second kappa shape index (κ2) is 8.81. The van der Waals surface area contributed by atoms with Gasteiger partial charge >= 0.3 is 5.97 Å². The summed E-state index contributed by atoms with van der Waals surface area (Å²) in [5, 5.41) is 3.73. The van der Waals surface area contributed by atoms with Crippen LogP contribution < -0.4 is 10.2 Å². The lowest BCUT2D eigenvalue weighted by Gasteiger charge is -2.16. The molecule has 1 aliphatic heterocycles. The van der Waals surface area contributed by atoms with Gasteiger partial charge in [0, 0.05) is 4.88 Å². The van der Waals surface area contributed by atoms with Crippen molar-refractivity contribution in [3.8, 4) is 0 Å². The summed E-state index contributed by atoms with van der Waals surface area (Å²) in [5.41, 5.74) is 1.72. The van der Waals surface area contributed by atoms with Crippen LogP contribution >= 0.6 is 11.3 Å². The molecule has 2 N–H and O–H groups in total. The van der Waals surface area contributed by atoms with E-state index >= 15 is 0 Å². The van der Waals surface area contributed by atoms with E-state index in [4.69, 9.17) is 4.74 Å². The molecule has 3 rings (SSSR count). The minimum absolute atomic E-state index is 0.0149. The molecule has 0 unspecified atom stereocenters. The number of hydrogen-bond acceptors (Lipinski definition) is 4. The van der Waals surface area contributed by atoms with Crippen LogP contribution in [-0.4, -0.2) is 38.1 Å². The van der Waals surface area contributed by atoms with Crippen molar-refractivity contribution in [2.75, 3.05) is 31.6 Å². The van der Waals surface area contributed by atoms with Crippen molar-refractivity contribution >= 4 is 28.2 Å². The van der Waals surface area contributed by atoms with Gasteiger partial charge in [0.15, 0.2) is 6.54 Å². The summed E-state index contributed by atoms with van der Waals surface area (Å²) in [6, 6.07) is 0. The fourth-order valence-electron chi connectivity index (χ4n) is 3.88. The van der Waals surface area contributed by atoms with E-state index in [1.807, 2.05) is 6.92 Å². The number of carbonyl (C=O) groups excluding carboxylic acids is 2. The van der Waals surface area contributed by atoms with Gasteiger partial charge in [-0.2, -0.15) is 0 Å². The van der Waals surface area contributed by atoms with Crippen LogP contribution in [0.1, 0.15) is 66.2 Å². The third kappa shape index (κ3) is 4.61. The van der Waals surface area contributed by atoms with E-state index in [-0.39, 0.29) is 11.9 Å².